The second-order valence-corrected chi connectivity index (χ2v) is 9.32. The van der Waals surface area contributed by atoms with E-state index in [9.17, 15) is 14.4 Å². The highest BCUT2D eigenvalue weighted by molar-refractivity contribution is 9.10. The van der Waals surface area contributed by atoms with Crippen molar-refractivity contribution in [3.05, 3.63) is 94.0 Å². The van der Waals surface area contributed by atoms with Gasteiger partial charge in [0, 0.05) is 21.5 Å². The van der Waals surface area contributed by atoms with Crippen LogP contribution in [0.3, 0.4) is 0 Å². The average Bonchev–Trinajstić information content (AvgIpc) is 3.39. The maximum atomic E-state index is 13.7. The first-order chi connectivity index (χ1) is 15.3. The van der Waals surface area contributed by atoms with E-state index in [0.717, 1.165) is 10.0 Å². The van der Waals surface area contributed by atoms with Crippen LogP contribution in [-0.2, 0) is 9.59 Å². The van der Waals surface area contributed by atoms with Gasteiger partial charge in [-0.3, -0.25) is 14.4 Å². The predicted molar refractivity (Wildman–Crippen MR) is 121 cm³/mol. The number of ether oxygens (including phenoxy) is 2. The van der Waals surface area contributed by atoms with Crippen LogP contribution in [0.5, 0.6) is 11.5 Å². The Morgan fingerprint density at radius 3 is 2.31 bits per heavy atom. The number of Topliss-reactive ketones (excluding diaryl/α,β-unsaturated/α-hetero) is 1. The lowest BCUT2D eigenvalue weighted by atomic mass is 9.86. The molecule has 0 N–H and O–H groups in total. The van der Waals surface area contributed by atoms with Crippen LogP contribution < -0.4 is 9.47 Å². The molecule has 1 saturated carbocycles. The number of carbonyl (C=O) groups is 3. The van der Waals surface area contributed by atoms with E-state index < -0.39 is 28.7 Å². The number of benzene rings is 3. The number of para-hydroxylation sites is 1. The Balaban J connectivity index is 1.62. The number of halogens is 1. The molecule has 0 aromatic heterocycles. The minimum absolute atomic E-state index is 0.287. The van der Waals surface area contributed by atoms with Crippen molar-refractivity contribution in [3.8, 4) is 11.5 Å². The highest BCUT2D eigenvalue weighted by atomic mass is 79.9. The Morgan fingerprint density at radius 2 is 1.62 bits per heavy atom. The Bertz CT molecular complexity index is 1260. The first-order valence-electron chi connectivity index (χ1n) is 10.2. The van der Waals surface area contributed by atoms with Crippen LogP contribution in [0.15, 0.2) is 77.3 Å². The number of rotatable bonds is 4. The highest BCUT2D eigenvalue weighted by Crippen LogP contribution is 2.78. The topological polar surface area (TPSA) is 69.7 Å². The number of carbonyl (C=O) groups excluding carboxylic acids is 3. The molecule has 0 saturated heterocycles. The fourth-order valence-corrected chi connectivity index (χ4v) is 5.17. The molecule has 3 aromatic carbocycles. The van der Waals surface area contributed by atoms with E-state index in [0.29, 0.717) is 16.9 Å². The second-order valence-electron chi connectivity index (χ2n) is 8.41. The van der Waals surface area contributed by atoms with Crippen LogP contribution in [0.25, 0.3) is 0 Å². The van der Waals surface area contributed by atoms with Crippen molar-refractivity contribution < 1.29 is 23.9 Å². The summed E-state index contributed by atoms with van der Waals surface area (Å²) >= 11 is 3.34. The van der Waals surface area contributed by atoms with Crippen molar-refractivity contribution in [2.75, 3.05) is 0 Å². The van der Waals surface area contributed by atoms with Crippen LogP contribution in [-0.4, -0.2) is 17.7 Å². The van der Waals surface area contributed by atoms with Crippen LogP contribution in [0, 0.1) is 17.8 Å². The van der Waals surface area contributed by atoms with E-state index >= 15 is 0 Å². The molecule has 0 amide bonds. The zero-order valence-corrected chi connectivity index (χ0v) is 19.0. The van der Waals surface area contributed by atoms with E-state index in [2.05, 4.69) is 15.9 Å². The smallest absolute Gasteiger partial charge is 0.330 e. The molecule has 0 spiro atoms. The summed E-state index contributed by atoms with van der Waals surface area (Å²) in [4.78, 5) is 40.6. The van der Waals surface area contributed by atoms with Crippen molar-refractivity contribution in [1.82, 2.24) is 0 Å². The lowest BCUT2D eigenvalue weighted by Crippen LogP contribution is -2.41. The van der Waals surface area contributed by atoms with E-state index in [1.807, 2.05) is 19.1 Å². The maximum absolute atomic E-state index is 13.7. The van der Waals surface area contributed by atoms with Crippen molar-refractivity contribution in [2.45, 2.75) is 19.8 Å². The van der Waals surface area contributed by atoms with Crippen LogP contribution in [0.4, 0.5) is 0 Å². The molecule has 5 rings (SSSR count). The molecule has 5 nitrogen and oxygen atoms in total. The van der Waals surface area contributed by atoms with Gasteiger partial charge in [-0.2, -0.15) is 0 Å². The second kappa shape index (κ2) is 7.14. The van der Waals surface area contributed by atoms with Crippen LogP contribution in [0.1, 0.15) is 34.3 Å². The molecule has 6 heteroatoms. The van der Waals surface area contributed by atoms with Gasteiger partial charge < -0.3 is 9.47 Å². The normalized spacial score (nSPS) is 25.2. The highest BCUT2D eigenvalue weighted by Gasteiger charge is 2.89. The molecule has 3 atom stereocenters. The summed E-state index contributed by atoms with van der Waals surface area (Å²) in [6, 6.07) is 20.8. The van der Waals surface area contributed by atoms with Gasteiger partial charge in [-0.1, -0.05) is 64.0 Å². The Morgan fingerprint density at radius 1 is 0.969 bits per heavy atom. The van der Waals surface area contributed by atoms with E-state index in [1.54, 1.807) is 67.6 Å². The number of fused-ring (bicyclic) bond motifs is 3. The molecule has 32 heavy (non-hydrogen) atoms. The summed E-state index contributed by atoms with van der Waals surface area (Å²) in [6.07, 6.45) is 0. The largest absolute Gasteiger partial charge is 0.426 e. The molecule has 0 radical (unpaired) electrons. The van der Waals surface area contributed by atoms with Crippen molar-refractivity contribution in [2.24, 2.45) is 10.8 Å². The van der Waals surface area contributed by atoms with Crippen LogP contribution in [0.2, 0.25) is 0 Å². The molecule has 0 unspecified atom stereocenters. The summed E-state index contributed by atoms with van der Waals surface area (Å²) in [5.41, 5.74) is -0.986. The number of esters is 2. The molecule has 1 heterocycles. The minimum atomic E-state index is -1.75. The van der Waals surface area contributed by atoms with Gasteiger partial charge in [0.2, 0.25) is 0 Å². The standard InChI is InChI=1S/C26H19BrO5/c1-15-7-9-16(10-8-15)22(28)25(2)21-19-5-3-4-6-20(19)32-24(30)26(21,25)23(29)31-18-13-11-17(27)12-14-18/h3-14,21H,1-2H3/t21-,25+,26+/m1/s1. The van der Waals surface area contributed by atoms with Gasteiger partial charge in [0.15, 0.2) is 11.2 Å². The van der Waals surface area contributed by atoms with E-state index in [1.165, 1.54) is 0 Å². The quantitative estimate of drug-likeness (QED) is 0.216. The van der Waals surface area contributed by atoms with Crippen molar-refractivity contribution in [1.29, 1.82) is 0 Å². The first-order valence-corrected chi connectivity index (χ1v) is 11.0. The van der Waals surface area contributed by atoms with E-state index in [4.69, 9.17) is 9.47 Å². The van der Waals surface area contributed by atoms with Gasteiger partial charge in [0.1, 0.15) is 11.5 Å². The molecular weight excluding hydrogens is 472 g/mol. The molecule has 160 valence electrons. The zero-order chi connectivity index (χ0) is 22.7. The minimum Gasteiger partial charge on any atom is -0.426 e. The molecular formula is C26H19BrO5. The van der Waals surface area contributed by atoms with Crippen LogP contribution >= 0.6 is 15.9 Å². The van der Waals surface area contributed by atoms with Gasteiger partial charge in [-0.25, -0.2) is 0 Å². The third kappa shape index (κ3) is 2.72. The third-order valence-electron chi connectivity index (χ3n) is 6.63. The third-order valence-corrected chi connectivity index (χ3v) is 7.16. The maximum Gasteiger partial charge on any atom is 0.330 e. The van der Waals surface area contributed by atoms with E-state index in [-0.39, 0.29) is 11.5 Å². The average molecular weight is 491 g/mol. The first kappa shape index (κ1) is 20.6. The summed E-state index contributed by atoms with van der Waals surface area (Å²) in [7, 11) is 0. The fourth-order valence-electron chi connectivity index (χ4n) is 4.90. The monoisotopic (exact) mass is 490 g/mol. The Kier molecular flexibility index (Phi) is 4.60. The predicted octanol–water partition coefficient (Wildman–Crippen LogP) is 5.25. The van der Waals surface area contributed by atoms with Gasteiger partial charge >= 0.3 is 11.9 Å². The van der Waals surface area contributed by atoms with Crippen molar-refractivity contribution in [3.63, 3.8) is 0 Å². The lowest BCUT2D eigenvalue weighted by Gasteiger charge is -2.22. The van der Waals surface area contributed by atoms with Gasteiger partial charge in [-0.05, 0) is 44.2 Å². The number of hydrogen-bond acceptors (Lipinski definition) is 5. The Hall–Kier alpha value is -3.25. The fraction of sp³-hybridized carbons (Fsp3) is 0.192. The summed E-state index contributed by atoms with van der Waals surface area (Å²) in [5, 5.41) is 0. The summed E-state index contributed by atoms with van der Waals surface area (Å²) in [6.45, 7) is 3.59. The molecule has 1 fully saturated rings. The molecule has 0 bridgehead atoms. The number of hydrogen-bond donors (Lipinski definition) is 0. The number of ketones is 1. The Labute approximate surface area is 193 Å². The molecule has 3 aromatic rings. The SMILES string of the molecule is Cc1ccc(C(=O)[C@]2(C)[C@H]3c4ccccc4OC(=O)[C@@]32C(=O)Oc2ccc(Br)cc2)cc1. The summed E-state index contributed by atoms with van der Waals surface area (Å²) in [5.74, 6) is -1.85. The molecule has 1 aliphatic heterocycles. The molecule has 2 aliphatic rings. The van der Waals surface area contributed by atoms with Gasteiger partial charge in [-0.15, -0.1) is 0 Å². The zero-order valence-electron chi connectivity index (χ0n) is 17.4. The summed E-state index contributed by atoms with van der Waals surface area (Å²) < 4.78 is 12.0. The van der Waals surface area contributed by atoms with Crippen molar-refractivity contribution >= 4 is 33.7 Å². The van der Waals surface area contributed by atoms with Gasteiger partial charge in [0.25, 0.3) is 0 Å². The molecule has 1 aliphatic carbocycles. The number of aryl methyl sites for hydroxylation is 1. The lowest BCUT2D eigenvalue weighted by molar-refractivity contribution is -0.156. The van der Waals surface area contributed by atoms with Gasteiger partial charge in [0.05, 0.1) is 5.41 Å².